The van der Waals surface area contributed by atoms with Gasteiger partial charge in [0.2, 0.25) is 15.9 Å². The Morgan fingerprint density at radius 1 is 1.24 bits per heavy atom. The maximum Gasteiger partial charge on any atom is 0.244 e. The molecule has 25 heavy (non-hydrogen) atoms. The Morgan fingerprint density at radius 3 is 2.40 bits per heavy atom. The standard InChI is InChI=1S/C16H25ClN4O3S/c1-12(21-9-7-20(4)8-10-21)16(22)18-13-5-6-14(17)15(11-13)25(23,24)19(2)3/h5-6,11-12H,7-10H2,1-4H3,(H,18,22)/t12-/m0/s1. The van der Waals surface area contributed by atoms with Crippen LogP contribution in [0.4, 0.5) is 5.69 Å². The lowest BCUT2D eigenvalue weighted by Gasteiger charge is -2.35. The fourth-order valence-corrected chi connectivity index (χ4v) is 3.99. The summed E-state index contributed by atoms with van der Waals surface area (Å²) in [5.41, 5.74) is 0.413. The molecule has 9 heteroatoms. The summed E-state index contributed by atoms with van der Waals surface area (Å²) in [5, 5.41) is 2.92. The van der Waals surface area contributed by atoms with Crippen LogP contribution < -0.4 is 5.32 Å². The predicted molar refractivity (Wildman–Crippen MR) is 99.5 cm³/mol. The summed E-state index contributed by atoms with van der Waals surface area (Å²) >= 11 is 6.03. The van der Waals surface area contributed by atoms with Gasteiger partial charge in [0.25, 0.3) is 0 Å². The zero-order valence-electron chi connectivity index (χ0n) is 15.0. The van der Waals surface area contributed by atoms with Crippen molar-refractivity contribution in [3.05, 3.63) is 23.2 Å². The summed E-state index contributed by atoms with van der Waals surface area (Å²) in [5.74, 6) is -0.167. The lowest BCUT2D eigenvalue weighted by molar-refractivity contribution is -0.121. The summed E-state index contributed by atoms with van der Waals surface area (Å²) in [4.78, 5) is 16.8. The highest BCUT2D eigenvalue weighted by molar-refractivity contribution is 7.89. The van der Waals surface area contributed by atoms with E-state index in [0.717, 1.165) is 30.5 Å². The molecular formula is C16H25ClN4O3S. The quantitative estimate of drug-likeness (QED) is 0.819. The van der Waals surface area contributed by atoms with E-state index in [-0.39, 0.29) is 21.9 Å². The van der Waals surface area contributed by atoms with Crippen molar-refractivity contribution in [3.8, 4) is 0 Å². The normalized spacial score (nSPS) is 18.3. The van der Waals surface area contributed by atoms with Gasteiger partial charge in [-0.2, -0.15) is 0 Å². The Kier molecular flexibility index (Phi) is 6.45. The van der Waals surface area contributed by atoms with Crippen molar-refractivity contribution >= 4 is 33.2 Å². The molecule has 1 aliphatic rings. The van der Waals surface area contributed by atoms with Gasteiger partial charge in [0.05, 0.1) is 11.1 Å². The van der Waals surface area contributed by atoms with Crippen molar-refractivity contribution in [1.29, 1.82) is 0 Å². The fraction of sp³-hybridized carbons (Fsp3) is 0.562. The van der Waals surface area contributed by atoms with Crippen LogP contribution in [0.15, 0.2) is 23.1 Å². The summed E-state index contributed by atoms with van der Waals surface area (Å²) in [7, 11) is 1.25. The van der Waals surface area contributed by atoms with E-state index in [2.05, 4.69) is 22.2 Å². The number of carbonyl (C=O) groups is 1. The van der Waals surface area contributed by atoms with Gasteiger partial charge in [-0.1, -0.05) is 11.6 Å². The fourth-order valence-electron chi connectivity index (χ4n) is 2.60. The minimum atomic E-state index is -3.68. The van der Waals surface area contributed by atoms with Crippen molar-refractivity contribution < 1.29 is 13.2 Å². The van der Waals surface area contributed by atoms with Crippen LogP contribution in [-0.2, 0) is 14.8 Å². The summed E-state index contributed by atoms with van der Waals surface area (Å²) < 4.78 is 25.7. The molecule has 7 nitrogen and oxygen atoms in total. The van der Waals surface area contributed by atoms with Gasteiger partial charge in [0, 0.05) is 46.0 Å². The molecule has 1 atom stereocenters. The third kappa shape index (κ3) is 4.71. The maximum absolute atomic E-state index is 12.5. The van der Waals surface area contributed by atoms with Gasteiger partial charge in [0.1, 0.15) is 4.90 Å². The van der Waals surface area contributed by atoms with Crippen LogP contribution in [0.3, 0.4) is 0 Å². The van der Waals surface area contributed by atoms with Crippen LogP contribution in [0.2, 0.25) is 5.02 Å². The molecule has 1 fully saturated rings. The average Bonchev–Trinajstić information content (AvgIpc) is 2.56. The second-order valence-corrected chi connectivity index (χ2v) is 8.96. The molecule has 1 aliphatic heterocycles. The number of nitrogens with zero attached hydrogens (tertiary/aromatic N) is 3. The molecule has 2 rings (SSSR count). The summed E-state index contributed by atoms with van der Waals surface area (Å²) in [6.07, 6.45) is 0. The van der Waals surface area contributed by atoms with E-state index >= 15 is 0 Å². The first-order chi connectivity index (χ1) is 11.6. The number of likely N-dealkylation sites (N-methyl/N-ethyl adjacent to an activating group) is 1. The minimum absolute atomic E-state index is 0.0239. The molecule has 0 aromatic heterocycles. The van der Waals surface area contributed by atoms with Gasteiger partial charge in [-0.05, 0) is 32.2 Å². The molecule has 0 saturated carbocycles. The van der Waals surface area contributed by atoms with E-state index in [1.54, 1.807) is 6.07 Å². The Morgan fingerprint density at radius 2 is 1.84 bits per heavy atom. The lowest BCUT2D eigenvalue weighted by atomic mass is 10.2. The van der Waals surface area contributed by atoms with Gasteiger partial charge in [0.15, 0.2) is 0 Å². The zero-order valence-corrected chi connectivity index (χ0v) is 16.6. The number of carbonyl (C=O) groups excluding carboxylic acids is 1. The van der Waals surface area contributed by atoms with E-state index in [1.165, 1.54) is 26.2 Å². The number of nitrogens with one attached hydrogen (secondary N) is 1. The zero-order chi connectivity index (χ0) is 18.8. The monoisotopic (exact) mass is 388 g/mol. The SMILES string of the molecule is C[C@@H](C(=O)Nc1ccc(Cl)c(S(=O)(=O)N(C)C)c1)N1CCN(C)CC1. The number of halogens is 1. The third-order valence-corrected chi connectivity index (χ3v) is 6.72. The number of rotatable bonds is 5. The number of hydrogen-bond acceptors (Lipinski definition) is 5. The van der Waals surface area contributed by atoms with Gasteiger partial charge >= 0.3 is 0 Å². The minimum Gasteiger partial charge on any atom is -0.325 e. The first-order valence-electron chi connectivity index (χ1n) is 8.08. The molecule has 1 aromatic carbocycles. The van der Waals surface area contributed by atoms with Crippen LogP contribution in [0.5, 0.6) is 0 Å². The molecule has 1 amide bonds. The van der Waals surface area contributed by atoms with Crippen molar-refractivity contribution in [2.75, 3.05) is 52.6 Å². The molecule has 0 aliphatic carbocycles. The van der Waals surface area contributed by atoms with Gasteiger partial charge in [-0.15, -0.1) is 0 Å². The number of benzene rings is 1. The largest absolute Gasteiger partial charge is 0.325 e. The summed E-state index contributed by atoms with van der Waals surface area (Å²) in [6, 6.07) is 4.18. The molecule has 0 bridgehead atoms. The number of amides is 1. The van der Waals surface area contributed by atoms with Gasteiger partial charge in [-0.25, -0.2) is 12.7 Å². The Hall–Kier alpha value is -1.19. The molecular weight excluding hydrogens is 364 g/mol. The van der Waals surface area contributed by atoms with E-state index in [1.807, 2.05) is 6.92 Å². The van der Waals surface area contributed by atoms with Crippen molar-refractivity contribution in [2.45, 2.75) is 17.9 Å². The molecule has 0 spiro atoms. The molecule has 1 N–H and O–H groups in total. The molecule has 140 valence electrons. The molecule has 1 aromatic rings. The average molecular weight is 389 g/mol. The second kappa shape index (κ2) is 8.01. The number of hydrogen-bond donors (Lipinski definition) is 1. The van der Waals surface area contributed by atoms with Crippen LogP contribution in [0.25, 0.3) is 0 Å². The van der Waals surface area contributed by atoms with E-state index in [4.69, 9.17) is 11.6 Å². The lowest BCUT2D eigenvalue weighted by Crippen LogP contribution is -2.51. The van der Waals surface area contributed by atoms with Crippen molar-refractivity contribution in [2.24, 2.45) is 0 Å². The van der Waals surface area contributed by atoms with Crippen molar-refractivity contribution in [1.82, 2.24) is 14.1 Å². The first kappa shape index (κ1) is 20.1. The Labute approximate surface area is 154 Å². The highest BCUT2D eigenvalue weighted by Crippen LogP contribution is 2.27. The highest BCUT2D eigenvalue weighted by atomic mass is 35.5. The first-order valence-corrected chi connectivity index (χ1v) is 9.90. The Balaban J connectivity index is 2.13. The van der Waals surface area contributed by atoms with Crippen molar-refractivity contribution in [3.63, 3.8) is 0 Å². The molecule has 0 unspecified atom stereocenters. The topological polar surface area (TPSA) is 73.0 Å². The van der Waals surface area contributed by atoms with E-state index < -0.39 is 10.0 Å². The Bertz CT molecular complexity index is 731. The third-order valence-electron chi connectivity index (χ3n) is 4.42. The van der Waals surface area contributed by atoms with Gasteiger partial charge < -0.3 is 10.2 Å². The maximum atomic E-state index is 12.5. The molecule has 1 heterocycles. The smallest absolute Gasteiger partial charge is 0.244 e. The molecule has 0 radical (unpaired) electrons. The van der Waals surface area contributed by atoms with Crippen LogP contribution in [-0.4, -0.2) is 81.8 Å². The number of piperazine rings is 1. The predicted octanol–water partition coefficient (Wildman–Crippen LogP) is 1.16. The van der Waals surface area contributed by atoms with Gasteiger partial charge in [-0.3, -0.25) is 9.69 Å². The van der Waals surface area contributed by atoms with E-state index in [0.29, 0.717) is 5.69 Å². The number of sulfonamides is 1. The number of anilines is 1. The second-order valence-electron chi connectivity index (χ2n) is 6.44. The van der Waals surface area contributed by atoms with Crippen LogP contribution in [0.1, 0.15) is 6.92 Å². The highest BCUT2D eigenvalue weighted by Gasteiger charge is 2.25. The summed E-state index contributed by atoms with van der Waals surface area (Å²) in [6.45, 7) is 5.35. The van der Waals surface area contributed by atoms with Crippen LogP contribution >= 0.6 is 11.6 Å². The molecule has 1 saturated heterocycles. The van der Waals surface area contributed by atoms with Crippen LogP contribution in [0, 0.1) is 0 Å². The van der Waals surface area contributed by atoms with E-state index in [9.17, 15) is 13.2 Å².